The van der Waals surface area contributed by atoms with Crippen LogP contribution in [0.1, 0.15) is 40.0 Å². The van der Waals surface area contributed by atoms with Crippen molar-refractivity contribution in [1.29, 1.82) is 0 Å². The highest BCUT2D eigenvalue weighted by molar-refractivity contribution is 5.93. The van der Waals surface area contributed by atoms with Gasteiger partial charge in [0, 0.05) is 32.7 Å². The molecular weight excluding hydrogens is 362 g/mol. The highest BCUT2D eigenvalue weighted by Crippen LogP contribution is 2.16. The summed E-state index contributed by atoms with van der Waals surface area (Å²) >= 11 is 0. The van der Waals surface area contributed by atoms with Crippen molar-refractivity contribution >= 4 is 24.2 Å². The Bertz CT molecular complexity index is 758. The monoisotopic (exact) mass is 389 g/mol. The van der Waals surface area contributed by atoms with Crippen molar-refractivity contribution < 1.29 is 9.59 Å². The van der Waals surface area contributed by atoms with E-state index in [4.69, 9.17) is 5.73 Å². The fourth-order valence-corrected chi connectivity index (χ4v) is 2.69. The van der Waals surface area contributed by atoms with Crippen LogP contribution in [0.3, 0.4) is 0 Å². The smallest absolute Gasteiger partial charge is 0.253 e. The molecule has 0 aliphatic carbocycles. The van der Waals surface area contributed by atoms with Gasteiger partial charge in [0.25, 0.3) is 5.91 Å². The number of carbonyl (C=O) groups is 2. The maximum atomic E-state index is 12.8. The number of halogens is 1. The average molecular weight is 390 g/mol. The molecule has 27 heavy (non-hydrogen) atoms. The van der Waals surface area contributed by atoms with Crippen LogP contribution in [0.4, 0.5) is 0 Å². The molecule has 0 spiro atoms. The molecule has 146 valence electrons. The fourth-order valence-electron chi connectivity index (χ4n) is 2.69. The van der Waals surface area contributed by atoms with E-state index in [2.05, 4.69) is 0 Å². The van der Waals surface area contributed by atoms with E-state index in [1.165, 1.54) is 4.90 Å². The summed E-state index contributed by atoms with van der Waals surface area (Å²) in [5.41, 5.74) is 9.71. The van der Waals surface area contributed by atoms with E-state index in [9.17, 15) is 9.59 Å². The molecule has 5 nitrogen and oxygen atoms in total. The molecule has 2 aromatic carbocycles. The summed E-state index contributed by atoms with van der Waals surface area (Å²) in [4.78, 5) is 28.0. The third kappa shape index (κ3) is 5.81. The van der Waals surface area contributed by atoms with E-state index < -0.39 is 6.04 Å². The Morgan fingerprint density at radius 2 is 1.56 bits per heavy atom. The first-order chi connectivity index (χ1) is 12.3. The minimum atomic E-state index is -0.676. The van der Waals surface area contributed by atoms with Crippen molar-refractivity contribution in [2.24, 2.45) is 5.73 Å². The highest BCUT2D eigenvalue weighted by atomic mass is 35.5. The Balaban J connectivity index is 0.00000364. The number of hydrogen-bond acceptors (Lipinski definition) is 3. The second-order valence-corrected chi connectivity index (χ2v) is 6.64. The number of carbonyl (C=O) groups excluding carboxylic acids is 2. The van der Waals surface area contributed by atoms with E-state index in [1.807, 2.05) is 50.2 Å². The molecule has 0 saturated carbocycles. The number of amides is 2. The third-order valence-corrected chi connectivity index (χ3v) is 4.38. The number of likely N-dealkylation sites (N-methyl/N-ethyl adjacent to an activating group) is 1. The molecule has 0 fully saturated rings. The Morgan fingerprint density at radius 3 is 2.04 bits per heavy atom. The maximum absolute atomic E-state index is 12.8. The molecule has 0 aromatic heterocycles. The lowest BCUT2D eigenvalue weighted by molar-refractivity contribution is -0.133. The van der Waals surface area contributed by atoms with Crippen LogP contribution in [0.25, 0.3) is 0 Å². The molecule has 0 aliphatic rings. The molecule has 0 bridgehead atoms. The molecular formula is C21H28ClN3O2. The van der Waals surface area contributed by atoms with Gasteiger partial charge >= 0.3 is 0 Å². The summed E-state index contributed by atoms with van der Waals surface area (Å²) in [6, 6.07) is 14.4. The van der Waals surface area contributed by atoms with E-state index in [1.54, 1.807) is 31.1 Å². The highest BCUT2D eigenvalue weighted by Gasteiger charge is 2.21. The Labute approximate surface area is 167 Å². The molecule has 2 N–H and O–H groups in total. The van der Waals surface area contributed by atoms with E-state index in [0.29, 0.717) is 18.7 Å². The molecule has 2 aromatic rings. The van der Waals surface area contributed by atoms with Gasteiger partial charge in [-0.2, -0.15) is 0 Å². The van der Waals surface area contributed by atoms with Crippen LogP contribution in [0, 0.1) is 6.92 Å². The average Bonchev–Trinajstić information content (AvgIpc) is 2.65. The number of hydrogen-bond donors (Lipinski definition) is 1. The number of rotatable bonds is 6. The van der Waals surface area contributed by atoms with Crippen LogP contribution in [0.15, 0.2) is 48.5 Å². The molecule has 6 heteroatoms. The molecule has 1 atom stereocenters. The quantitative estimate of drug-likeness (QED) is 0.825. The SMILES string of the molecule is CCN(Cc1ccc(C(=O)N(C)C)cc1)C(=O)C(N)c1ccc(C)cc1.Cl. The van der Waals surface area contributed by atoms with Crippen LogP contribution in [-0.2, 0) is 11.3 Å². The Hall–Kier alpha value is -2.37. The molecule has 1 unspecified atom stereocenters. The van der Waals surface area contributed by atoms with Crippen molar-refractivity contribution in [2.45, 2.75) is 26.4 Å². The van der Waals surface area contributed by atoms with Gasteiger partial charge in [-0.25, -0.2) is 0 Å². The predicted octanol–water partition coefficient (Wildman–Crippen LogP) is 3.17. The van der Waals surface area contributed by atoms with Crippen molar-refractivity contribution in [3.8, 4) is 0 Å². The van der Waals surface area contributed by atoms with Crippen molar-refractivity contribution in [3.05, 3.63) is 70.8 Å². The normalized spacial score (nSPS) is 11.3. The lowest BCUT2D eigenvalue weighted by atomic mass is 10.0. The van der Waals surface area contributed by atoms with Gasteiger partial charge in [-0.1, -0.05) is 42.0 Å². The topological polar surface area (TPSA) is 66.6 Å². The minimum absolute atomic E-state index is 0. The van der Waals surface area contributed by atoms with Gasteiger partial charge in [0.15, 0.2) is 0 Å². The van der Waals surface area contributed by atoms with Gasteiger partial charge in [-0.15, -0.1) is 12.4 Å². The maximum Gasteiger partial charge on any atom is 0.253 e. The summed E-state index contributed by atoms with van der Waals surface area (Å²) in [5, 5.41) is 0. The second-order valence-electron chi connectivity index (χ2n) is 6.64. The molecule has 0 aliphatic heterocycles. The van der Waals surface area contributed by atoms with Gasteiger partial charge in [0.2, 0.25) is 5.91 Å². The lowest BCUT2D eigenvalue weighted by Gasteiger charge is -2.25. The largest absolute Gasteiger partial charge is 0.345 e. The van der Waals surface area contributed by atoms with Crippen LogP contribution < -0.4 is 5.73 Å². The van der Waals surface area contributed by atoms with Crippen molar-refractivity contribution in [1.82, 2.24) is 9.80 Å². The second kappa shape index (κ2) is 10.1. The Morgan fingerprint density at radius 1 is 1.00 bits per heavy atom. The zero-order valence-electron chi connectivity index (χ0n) is 16.3. The van der Waals surface area contributed by atoms with E-state index in [-0.39, 0.29) is 24.2 Å². The summed E-state index contributed by atoms with van der Waals surface area (Å²) in [6.45, 7) is 4.96. The van der Waals surface area contributed by atoms with Crippen LogP contribution in [0.2, 0.25) is 0 Å². The summed E-state index contributed by atoms with van der Waals surface area (Å²) in [7, 11) is 3.44. The van der Waals surface area contributed by atoms with Crippen molar-refractivity contribution in [2.75, 3.05) is 20.6 Å². The Kier molecular flexibility index (Phi) is 8.47. The van der Waals surface area contributed by atoms with E-state index >= 15 is 0 Å². The first kappa shape index (κ1) is 22.7. The standard InChI is InChI=1S/C21H27N3O2.ClH/c1-5-24(21(26)19(22)17-10-6-15(2)7-11-17)14-16-8-12-18(13-9-16)20(25)23(3)4;/h6-13,19H,5,14,22H2,1-4H3;1H. The summed E-state index contributed by atoms with van der Waals surface area (Å²) in [5.74, 6) is -0.147. The molecule has 0 saturated heterocycles. The molecule has 0 radical (unpaired) electrons. The van der Waals surface area contributed by atoms with Gasteiger partial charge in [-0.05, 0) is 37.1 Å². The number of aryl methyl sites for hydroxylation is 1. The zero-order valence-corrected chi connectivity index (χ0v) is 17.1. The first-order valence-corrected chi connectivity index (χ1v) is 8.75. The van der Waals surface area contributed by atoms with Gasteiger partial charge in [-0.3, -0.25) is 9.59 Å². The number of nitrogens with zero attached hydrogens (tertiary/aromatic N) is 2. The van der Waals surface area contributed by atoms with E-state index in [0.717, 1.165) is 16.7 Å². The van der Waals surface area contributed by atoms with Crippen LogP contribution in [0.5, 0.6) is 0 Å². The van der Waals surface area contributed by atoms with Gasteiger partial charge < -0.3 is 15.5 Å². The summed E-state index contributed by atoms with van der Waals surface area (Å²) < 4.78 is 0. The predicted molar refractivity (Wildman–Crippen MR) is 111 cm³/mol. The van der Waals surface area contributed by atoms with Crippen LogP contribution in [-0.4, -0.2) is 42.3 Å². The number of benzene rings is 2. The lowest BCUT2D eigenvalue weighted by Crippen LogP contribution is -2.38. The molecule has 2 rings (SSSR count). The zero-order chi connectivity index (χ0) is 19.3. The summed E-state index contributed by atoms with van der Waals surface area (Å²) in [6.07, 6.45) is 0. The number of nitrogens with two attached hydrogens (primary N) is 1. The third-order valence-electron chi connectivity index (χ3n) is 4.38. The van der Waals surface area contributed by atoms with Crippen LogP contribution >= 0.6 is 12.4 Å². The first-order valence-electron chi connectivity index (χ1n) is 8.75. The van der Waals surface area contributed by atoms with Gasteiger partial charge in [0.05, 0.1) is 0 Å². The minimum Gasteiger partial charge on any atom is -0.345 e. The van der Waals surface area contributed by atoms with Gasteiger partial charge in [0.1, 0.15) is 6.04 Å². The molecule has 2 amide bonds. The fraction of sp³-hybridized carbons (Fsp3) is 0.333. The van der Waals surface area contributed by atoms with Crippen molar-refractivity contribution in [3.63, 3.8) is 0 Å². The molecule has 0 heterocycles.